The molecule has 0 unspecified atom stereocenters. The first-order valence-corrected chi connectivity index (χ1v) is 13.3. The van der Waals surface area contributed by atoms with Crippen molar-refractivity contribution in [3.8, 4) is 11.5 Å². The first-order valence-electron chi connectivity index (χ1n) is 13.3. The van der Waals surface area contributed by atoms with Gasteiger partial charge in [0, 0.05) is 26.3 Å². The van der Waals surface area contributed by atoms with Crippen molar-refractivity contribution >= 4 is 11.7 Å². The van der Waals surface area contributed by atoms with E-state index in [1.165, 1.54) is 19.3 Å². The monoisotopic (exact) mass is 500 g/mol. The van der Waals surface area contributed by atoms with Crippen LogP contribution in [0.5, 0.6) is 11.5 Å². The molecule has 2 aromatic carbocycles. The zero-order chi connectivity index (χ0) is 26.0. The average molecular weight is 501 g/mol. The number of rotatable bonds is 18. The normalized spacial score (nSPS) is 10.9. The highest BCUT2D eigenvalue weighted by atomic mass is 16.7. The van der Waals surface area contributed by atoms with Crippen LogP contribution in [0.15, 0.2) is 48.5 Å². The van der Waals surface area contributed by atoms with Gasteiger partial charge in [-0.25, -0.2) is 4.79 Å². The summed E-state index contributed by atoms with van der Waals surface area (Å²) in [5.74, 6) is 1.42. The molecule has 0 bridgehead atoms. The highest BCUT2D eigenvalue weighted by Crippen LogP contribution is 2.24. The van der Waals surface area contributed by atoms with Crippen molar-refractivity contribution in [2.75, 3.05) is 38.3 Å². The van der Waals surface area contributed by atoms with Crippen LogP contribution in [0.4, 0.5) is 10.5 Å². The SMILES string of the molecule is CCCCCCCN(Cc1ccc(OCC(OCC)OCC)cc1)C(=O)Nc1ccccc1OCC. The van der Waals surface area contributed by atoms with E-state index < -0.39 is 0 Å². The summed E-state index contributed by atoms with van der Waals surface area (Å²) in [6.07, 6.45) is 5.31. The fourth-order valence-electron chi connectivity index (χ4n) is 3.80. The molecule has 0 atom stereocenters. The molecular formula is C29H44N2O5. The molecule has 0 aromatic heterocycles. The zero-order valence-electron chi connectivity index (χ0n) is 22.5. The van der Waals surface area contributed by atoms with E-state index in [2.05, 4.69) is 12.2 Å². The minimum Gasteiger partial charge on any atom is -0.492 e. The fourth-order valence-corrected chi connectivity index (χ4v) is 3.80. The Morgan fingerprint density at radius 1 is 0.833 bits per heavy atom. The minimum absolute atomic E-state index is 0.130. The smallest absolute Gasteiger partial charge is 0.322 e. The molecule has 0 aliphatic carbocycles. The maximum atomic E-state index is 13.3. The van der Waals surface area contributed by atoms with Crippen LogP contribution < -0.4 is 14.8 Å². The molecule has 1 N–H and O–H groups in total. The first kappa shape index (κ1) is 29.5. The van der Waals surface area contributed by atoms with Crippen molar-refractivity contribution in [2.45, 2.75) is 72.6 Å². The van der Waals surface area contributed by atoms with Crippen LogP contribution in [0.1, 0.15) is 65.4 Å². The molecular weight excluding hydrogens is 456 g/mol. The Bertz CT molecular complexity index is 853. The number of urea groups is 1. The van der Waals surface area contributed by atoms with Gasteiger partial charge in [0.2, 0.25) is 0 Å². The van der Waals surface area contributed by atoms with E-state index in [1.54, 1.807) is 0 Å². The van der Waals surface area contributed by atoms with Gasteiger partial charge in [-0.2, -0.15) is 0 Å². The second kappa shape index (κ2) is 17.6. The predicted octanol–water partition coefficient (Wildman–Crippen LogP) is 6.87. The van der Waals surface area contributed by atoms with Crippen molar-refractivity contribution in [1.82, 2.24) is 4.90 Å². The van der Waals surface area contributed by atoms with Crippen LogP contribution in [-0.2, 0) is 16.0 Å². The van der Waals surface area contributed by atoms with Crippen molar-refractivity contribution in [3.63, 3.8) is 0 Å². The number of nitrogens with one attached hydrogen (secondary N) is 1. The second-order valence-electron chi connectivity index (χ2n) is 8.49. The van der Waals surface area contributed by atoms with Crippen LogP contribution in [0.25, 0.3) is 0 Å². The van der Waals surface area contributed by atoms with Crippen LogP contribution in [0, 0.1) is 0 Å². The highest BCUT2D eigenvalue weighted by molar-refractivity contribution is 5.91. The van der Waals surface area contributed by atoms with Gasteiger partial charge in [0.1, 0.15) is 18.1 Å². The Balaban J connectivity index is 2.03. The van der Waals surface area contributed by atoms with Gasteiger partial charge < -0.3 is 29.2 Å². The van der Waals surface area contributed by atoms with Crippen LogP contribution in [0.3, 0.4) is 0 Å². The summed E-state index contributed by atoms with van der Waals surface area (Å²) in [6.45, 7) is 11.2. The molecule has 0 spiro atoms. The number of nitrogens with zero attached hydrogens (tertiary/aromatic N) is 1. The maximum absolute atomic E-state index is 13.3. The number of unbranched alkanes of at least 4 members (excludes halogenated alkanes) is 4. The van der Waals surface area contributed by atoms with Gasteiger partial charge in [0.05, 0.1) is 12.3 Å². The quantitative estimate of drug-likeness (QED) is 0.179. The summed E-state index contributed by atoms with van der Waals surface area (Å²) < 4.78 is 22.6. The standard InChI is InChI=1S/C29H44N2O5/c1-5-9-10-11-14-21-31(29(32)30-26-15-12-13-16-27(26)33-6-2)22-24-17-19-25(20-18-24)36-23-28(34-7-3)35-8-4/h12-13,15-20,28H,5-11,14,21-23H2,1-4H3,(H,30,32). The lowest BCUT2D eigenvalue weighted by molar-refractivity contribution is -0.152. The molecule has 0 aliphatic rings. The van der Waals surface area contributed by atoms with E-state index in [0.717, 1.165) is 24.2 Å². The van der Waals surface area contributed by atoms with Gasteiger partial charge in [-0.15, -0.1) is 0 Å². The molecule has 0 heterocycles. The highest BCUT2D eigenvalue weighted by Gasteiger charge is 2.16. The van der Waals surface area contributed by atoms with E-state index in [0.29, 0.717) is 51.0 Å². The molecule has 0 radical (unpaired) electrons. The molecule has 7 heteroatoms. The Kier molecular flexibility index (Phi) is 14.4. The lowest BCUT2D eigenvalue weighted by Gasteiger charge is -2.24. The Hall–Kier alpha value is -2.77. The summed E-state index contributed by atoms with van der Waals surface area (Å²) in [5.41, 5.74) is 1.72. The van der Waals surface area contributed by atoms with Gasteiger partial charge in [-0.1, -0.05) is 56.9 Å². The number of carbonyl (C=O) groups is 1. The van der Waals surface area contributed by atoms with E-state index in [-0.39, 0.29) is 12.3 Å². The summed E-state index contributed by atoms with van der Waals surface area (Å²) in [6, 6.07) is 15.2. The van der Waals surface area contributed by atoms with Crippen LogP contribution >= 0.6 is 0 Å². The van der Waals surface area contributed by atoms with Crippen molar-refractivity contribution in [3.05, 3.63) is 54.1 Å². The molecule has 2 rings (SSSR count). The van der Waals surface area contributed by atoms with Crippen LogP contribution in [0.2, 0.25) is 0 Å². The number of hydrogen-bond donors (Lipinski definition) is 1. The van der Waals surface area contributed by atoms with E-state index in [4.69, 9.17) is 18.9 Å². The molecule has 2 amide bonds. The number of para-hydroxylation sites is 2. The van der Waals surface area contributed by atoms with E-state index in [9.17, 15) is 4.79 Å². The van der Waals surface area contributed by atoms with E-state index >= 15 is 0 Å². The van der Waals surface area contributed by atoms with Gasteiger partial charge in [-0.3, -0.25) is 0 Å². The lowest BCUT2D eigenvalue weighted by atomic mass is 10.1. The fraction of sp³-hybridized carbons (Fsp3) is 0.552. The largest absolute Gasteiger partial charge is 0.492 e. The van der Waals surface area contributed by atoms with Crippen molar-refractivity contribution in [2.24, 2.45) is 0 Å². The summed E-state index contributed by atoms with van der Waals surface area (Å²) in [4.78, 5) is 15.1. The minimum atomic E-state index is -0.383. The molecule has 2 aromatic rings. The number of benzene rings is 2. The predicted molar refractivity (Wildman–Crippen MR) is 145 cm³/mol. The van der Waals surface area contributed by atoms with E-state index in [1.807, 2.05) is 74.2 Å². The molecule has 0 aliphatic heterocycles. The topological polar surface area (TPSA) is 69.3 Å². The number of carbonyl (C=O) groups excluding carboxylic acids is 1. The van der Waals surface area contributed by atoms with Gasteiger partial charge >= 0.3 is 6.03 Å². The van der Waals surface area contributed by atoms with Gasteiger partial charge in [0.25, 0.3) is 0 Å². The maximum Gasteiger partial charge on any atom is 0.322 e. The van der Waals surface area contributed by atoms with Crippen molar-refractivity contribution < 1.29 is 23.7 Å². The summed E-state index contributed by atoms with van der Waals surface area (Å²) in [5, 5.41) is 3.05. The second-order valence-corrected chi connectivity index (χ2v) is 8.49. The third kappa shape index (κ3) is 10.9. The summed E-state index contributed by atoms with van der Waals surface area (Å²) in [7, 11) is 0. The number of hydrogen-bond acceptors (Lipinski definition) is 5. The Labute approximate surface area is 217 Å². The Morgan fingerprint density at radius 2 is 1.53 bits per heavy atom. The van der Waals surface area contributed by atoms with Gasteiger partial charge in [0.15, 0.2) is 6.29 Å². The summed E-state index contributed by atoms with van der Waals surface area (Å²) >= 11 is 0. The molecule has 0 fully saturated rings. The molecule has 36 heavy (non-hydrogen) atoms. The third-order valence-electron chi connectivity index (χ3n) is 5.64. The number of amides is 2. The number of anilines is 1. The lowest BCUT2D eigenvalue weighted by Crippen LogP contribution is -2.35. The molecule has 200 valence electrons. The zero-order valence-corrected chi connectivity index (χ0v) is 22.5. The van der Waals surface area contributed by atoms with Crippen LogP contribution in [-0.4, -0.2) is 50.2 Å². The molecule has 7 nitrogen and oxygen atoms in total. The third-order valence-corrected chi connectivity index (χ3v) is 5.64. The average Bonchev–Trinajstić information content (AvgIpc) is 2.88. The molecule has 0 saturated carbocycles. The Morgan fingerprint density at radius 3 is 2.19 bits per heavy atom. The van der Waals surface area contributed by atoms with Crippen molar-refractivity contribution in [1.29, 1.82) is 0 Å². The molecule has 0 saturated heterocycles. The van der Waals surface area contributed by atoms with Gasteiger partial charge in [-0.05, 0) is 57.0 Å². The first-order chi connectivity index (χ1) is 17.6. The number of ether oxygens (including phenoxy) is 4.